The predicted octanol–water partition coefficient (Wildman–Crippen LogP) is 3.14. The molecule has 122 valence electrons. The van der Waals surface area contributed by atoms with Gasteiger partial charge in [-0.3, -0.25) is 0 Å². The maximum Gasteiger partial charge on any atom is 0.183 e. The van der Waals surface area contributed by atoms with Gasteiger partial charge in [0.05, 0.1) is 0 Å². The van der Waals surface area contributed by atoms with Crippen LogP contribution in [0.15, 0.2) is 48.5 Å². The van der Waals surface area contributed by atoms with Crippen molar-refractivity contribution in [3.8, 4) is 0 Å². The second kappa shape index (κ2) is 6.35. The minimum atomic E-state index is 1.11. The van der Waals surface area contributed by atoms with Crippen LogP contribution in [0.25, 0.3) is 0 Å². The number of hydrogen-bond donors (Lipinski definition) is 0. The van der Waals surface area contributed by atoms with Gasteiger partial charge in [0.2, 0.25) is 0 Å². The highest BCUT2D eigenvalue weighted by molar-refractivity contribution is 6.04. The van der Waals surface area contributed by atoms with E-state index in [0.29, 0.717) is 0 Å². The molecule has 2 aromatic carbocycles. The van der Waals surface area contributed by atoms with Crippen molar-refractivity contribution in [3.05, 3.63) is 70.8 Å². The van der Waals surface area contributed by atoms with E-state index in [2.05, 4.69) is 71.8 Å². The predicted molar refractivity (Wildman–Crippen MR) is 99.8 cm³/mol. The van der Waals surface area contributed by atoms with Gasteiger partial charge in [-0.1, -0.05) is 36.4 Å². The zero-order chi connectivity index (χ0) is 16.5. The molecule has 24 heavy (non-hydrogen) atoms. The summed E-state index contributed by atoms with van der Waals surface area (Å²) >= 11 is 0. The van der Waals surface area contributed by atoms with E-state index in [1.54, 1.807) is 0 Å². The van der Waals surface area contributed by atoms with Crippen LogP contribution in [-0.4, -0.2) is 47.8 Å². The Bertz CT molecular complexity index is 771. The fourth-order valence-corrected chi connectivity index (χ4v) is 4.19. The highest BCUT2D eigenvalue weighted by Crippen LogP contribution is 2.21. The highest BCUT2D eigenvalue weighted by Gasteiger charge is 2.27. The molecule has 0 bridgehead atoms. The van der Waals surface area contributed by atoms with E-state index >= 15 is 0 Å². The molecule has 0 unspecified atom stereocenters. The Balaban J connectivity index is 1.63. The van der Waals surface area contributed by atoms with Gasteiger partial charge in [-0.15, -0.1) is 0 Å². The van der Waals surface area contributed by atoms with Gasteiger partial charge in [0.1, 0.15) is 27.2 Å². The number of likely N-dealkylation sites (N-methyl/N-ethyl adjacent to an activating group) is 2. The minimum Gasteiger partial charge on any atom is -0.235 e. The summed E-state index contributed by atoms with van der Waals surface area (Å²) in [5, 5.41) is 0. The first-order chi connectivity index (χ1) is 11.7. The lowest BCUT2D eigenvalue weighted by molar-refractivity contribution is -0.501. The number of nitrogens with zero attached hydrogens (tertiary/aromatic N) is 2. The quantitative estimate of drug-likeness (QED) is 0.767. The average Bonchev–Trinajstić information content (AvgIpc) is 2.62. The van der Waals surface area contributed by atoms with Crippen LogP contribution in [0.1, 0.15) is 35.1 Å². The summed E-state index contributed by atoms with van der Waals surface area (Å²) in [5.74, 6) is 0. The monoisotopic (exact) mass is 318 g/mol. The molecule has 2 nitrogen and oxygen atoms in total. The van der Waals surface area contributed by atoms with Gasteiger partial charge in [-0.25, -0.2) is 9.15 Å². The molecule has 0 aliphatic carbocycles. The molecule has 2 aliphatic heterocycles. The number of fused-ring (bicyclic) bond motifs is 2. The molecule has 0 amide bonds. The van der Waals surface area contributed by atoms with Crippen LogP contribution >= 0.6 is 0 Å². The van der Waals surface area contributed by atoms with Crippen LogP contribution in [0.2, 0.25) is 0 Å². The maximum atomic E-state index is 2.46. The minimum absolute atomic E-state index is 1.11. The molecule has 0 radical (unpaired) electrons. The van der Waals surface area contributed by atoms with E-state index in [-0.39, 0.29) is 0 Å². The Morgan fingerprint density at radius 2 is 1.08 bits per heavy atom. The molecule has 2 heteroatoms. The van der Waals surface area contributed by atoms with E-state index in [0.717, 1.165) is 38.8 Å². The first kappa shape index (κ1) is 15.3. The summed E-state index contributed by atoms with van der Waals surface area (Å²) in [6.45, 7) is 2.27. The molecular formula is C22H26N2+2. The molecule has 0 fully saturated rings. The Kier molecular flexibility index (Phi) is 4.05. The van der Waals surface area contributed by atoms with Crippen LogP contribution in [0, 0.1) is 0 Å². The van der Waals surface area contributed by atoms with E-state index < -0.39 is 0 Å². The molecule has 0 aromatic heterocycles. The molecule has 0 spiro atoms. The normalized spacial score (nSPS) is 16.9. The average molecular weight is 318 g/mol. The summed E-state index contributed by atoms with van der Waals surface area (Å²) in [6, 6.07) is 17.9. The molecule has 0 atom stereocenters. The van der Waals surface area contributed by atoms with Crippen molar-refractivity contribution in [2.24, 2.45) is 0 Å². The van der Waals surface area contributed by atoms with Crippen molar-refractivity contribution in [2.45, 2.75) is 25.7 Å². The highest BCUT2D eigenvalue weighted by atomic mass is 15.0. The van der Waals surface area contributed by atoms with E-state index in [9.17, 15) is 0 Å². The SMILES string of the molecule is C[N+]1=C(CCC2=[N+](C)CCc3ccccc32)c2ccccc2CC1. The van der Waals surface area contributed by atoms with Gasteiger partial charge in [0.15, 0.2) is 11.4 Å². The topological polar surface area (TPSA) is 6.02 Å². The molecule has 4 rings (SSSR count). The largest absolute Gasteiger partial charge is 0.235 e. The summed E-state index contributed by atoms with van der Waals surface area (Å²) < 4.78 is 4.91. The lowest BCUT2D eigenvalue weighted by Gasteiger charge is -2.19. The lowest BCUT2D eigenvalue weighted by atomic mass is 9.90. The van der Waals surface area contributed by atoms with E-state index in [1.165, 1.54) is 33.7 Å². The number of hydrogen-bond acceptors (Lipinski definition) is 0. The van der Waals surface area contributed by atoms with E-state index in [4.69, 9.17) is 0 Å². The van der Waals surface area contributed by atoms with Crippen molar-refractivity contribution in [1.29, 1.82) is 0 Å². The first-order valence-electron chi connectivity index (χ1n) is 9.04. The third-order valence-electron chi connectivity index (χ3n) is 5.61. The van der Waals surface area contributed by atoms with Crippen molar-refractivity contribution < 1.29 is 9.15 Å². The zero-order valence-electron chi connectivity index (χ0n) is 14.8. The number of benzene rings is 2. The van der Waals surface area contributed by atoms with Crippen LogP contribution < -0.4 is 0 Å². The maximum absolute atomic E-state index is 2.46. The van der Waals surface area contributed by atoms with Crippen molar-refractivity contribution >= 4 is 11.4 Å². The third kappa shape index (κ3) is 2.71. The zero-order valence-corrected chi connectivity index (χ0v) is 14.8. The summed E-state index contributed by atoms with van der Waals surface area (Å²) in [7, 11) is 4.49. The van der Waals surface area contributed by atoms with Crippen LogP contribution in [0.5, 0.6) is 0 Å². The van der Waals surface area contributed by atoms with Crippen LogP contribution in [0.4, 0.5) is 0 Å². The van der Waals surface area contributed by atoms with E-state index in [1.807, 2.05) is 0 Å². The van der Waals surface area contributed by atoms with Crippen molar-refractivity contribution in [1.82, 2.24) is 0 Å². The standard InChI is InChI=1S/C22H26N2/c1-23-15-13-17-7-3-5-9-19(17)21(23)11-12-22-20-10-6-4-8-18(20)14-16-24(22)2/h3-10H,11-16H2,1-2H3/q+2. The fourth-order valence-electron chi connectivity index (χ4n) is 4.19. The lowest BCUT2D eigenvalue weighted by Crippen LogP contribution is -2.31. The summed E-state index contributed by atoms with van der Waals surface area (Å²) in [5.41, 5.74) is 8.93. The molecular weight excluding hydrogens is 292 g/mol. The molecule has 0 saturated heterocycles. The number of rotatable bonds is 3. The molecule has 0 N–H and O–H groups in total. The van der Waals surface area contributed by atoms with Crippen molar-refractivity contribution in [3.63, 3.8) is 0 Å². The van der Waals surface area contributed by atoms with Gasteiger partial charge in [0.25, 0.3) is 0 Å². The van der Waals surface area contributed by atoms with Crippen molar-refractivity contribution in [2.75, 3.05) is 27.2 Å². The fraction of sp³-hybridized carbons (Fsp3) is 0.364. The van der Waals surface area contributed by atoms with Gasteiger partial charge in [-0.2, -0.15) is 0 Å². The Hall–Kier alpha value is -2.22. The molecule has 2 aromatic rings. The Labute approximate surface area is 144 Å². The smallest absolute Gasteiger partial charge is 0.183 e. The Morgan fingerprint density at radius 3 is 1.54 bits per heavy atom. The van der Waals surface area contributed by atoms with Gasteiger partial charge in [0, 0.05) is 36.8 Å². The second-order valence-electron chi connectivity index (χ2n) is 7.05. The van der Waals surface area contributed by atoms with Gasteiger partial charge >= 0.3 is 0 Å². The third-order valence-corrected chi connectivity index (χ3v) is 5.61. The van der Waals surface area contributed by atoms with Gasteiger partial charge < -0.3 is 0 Å². The van der Waals surface area contributed by atoms with Crippen LogP contribution in [-0.2, 0) is 12.8 Å². The van der Waals surface area contributed by atoms with Gasteiger partial charge in [-0.05, 0) is 23.3 Å². The summed E-state index contributed by atoms with van der Waals surface area (Å²) in [4.78, 5) is 0. The Morgan fingerprint density at radius 1 is 0.667 bits per heavy atom. The van der Waals surface area contributed by atoms with Crippen LogP contribution in [0.3, 0.4) is 0 Å². The second-order valence-corrected chi connectivity index (χ2v) is 7.05. The molecule has 2 heterocycles. The summed E-state index contributed by atoms with van der Waals surface area (Å²) in [6.07, 6.45) is 4.55. The molecule has 0 saturated carbocycles. The first-order valence-corrected chi connectivity index (χ1v) is 9.04. The molecule has 2 aliphatic rings.